The molecule has 1 N–H and O–H groups in total. The van der Waals surface area contributed by atoms with Gasteiger partial charge in [0.05, 0.1) is 0 Å². The van der Waals surface area contributed by atoms with Gasteiger partial charge in [0.15, 0.2) is 0 Å². The van der Waals surface area contributed by atoms with E-state index in [-0.39, 0.29) is 5.75 Å². The summed E-state index contributed by atoms with van der Waals surface area (Å²) in [6, 6.07) is 4.33. The maximum absolute atomic E-state index is 10.5. The van der Waals surface area contributed by atoms with E-state index in [4.69, 9.17) is 6.48 Å². The molecule has 2 nitrogen and oxygen atoms in total. The largest absolute Gasteiger partial charge is 0.508 e. The summed E-state index contributed by atoms with van der Waals surface area (Å²) in [5.74, 6) is 0.148. The molecule has 0 aliphatic rings. The Morgan fingerprint density at radius 3 is 2.90 bits per heavy atom. The Hall–Kier alpha value is -1.31. The number of aldehydes is 1. The summed E-state index contributed by atoms with van der Waals surface area (Å²) in [5, 5.41) is 9.05. The Morgan fingerprint density at radius 1 is 1.70 bits per heavy atom. The Kier molecular flexibility index (Phi) is 1.38. The predicted octanol–water partition coefficient (Wildman–Crippen LogP) is 1.51. The van der Waals surface area contributed by atoms with E-state index < -0.39 is 6.26 Å². The molecule has 0 radical (unpaired) electrons. The molecule has 1 aromatic carbocycles. The molecular formula is C8H8O2. The average Bonchev–Trinajstić information content (AvgIpc) is 1.94. The van der Waals surface area contributed by atoms with E-state index in [0.717, 1.165) is 0 Å². The summed E-state index contributed by atoms with van der Waals surface area (Å²) in [6.45, 7) is 1.68. The molecule has 1 rings (SSSR count). The maximum atomic E-state index is 10.5. The van der Waals surface area contributed by atoms with Gasteiger partial charge in [-0.2, -0.15) is 0 Å². The molecule has 0 fully saturated rings. The third-order valence-electron chi connectivity index (χ3n) is 1.31. The van der Waals surface area contributed by atoms with Crippen molar-refractivity contribution in [1.29, 1.82) is 0 Å². The van der Waals surface area contributed by atoms with Crippen LogP contribution in [0.15, 0.2) is 18.2 Å². The summed E-state index contributed by atoms with van der Waals surface area (Å²) in [4.78, 5) is 10.5. The molecule has 52 valence electrons. The predicted molar refractivity (Wildman–Crippen MR) is 38.2 cm³/mol. The lowest BCUT2D eigenvalue weighted by Gasteiger charge is -1.96. The van der Waals surface area contributed by atoms with Gasteiger partial charge in [0, 0.05) is 5.56 Å². The highest BCUT2D eigenvalue weighted by atomic mass is 16.3. The van der Waals surface area contributed by atoms with Crippen LogP contribution in [0.3, 0.4) is 0 Å². The van der Waals surface area contributed by atoms with Crippen LogP contribution in [0, 0.1) is 6.92 Å². The zero-order valence-electron chi connectivity index (χ0n) is 6.59. The number of hydrogen-bond donors (Lipinski definition) is 1. The van der Waals surface area contributed by atoms with Crippen molar-refractivity contribution in [2.24, 2.45) is 0 Å². The Labute approximate surface area is 60.5 Å². The van der Waals surface area contributed by atoms with Crippen LogP contribution < -0.4 is 0 Å². The van der Waals surface area contributed by atoms with Crippen LogP contribution in [0.5, 0.6) is 5.75 Å². The first-order valence-corrected chi connectivity index (χ1v) is 2.92. The highest BCUT2D eigenvalue weighted by Crippen LogP contribution is 2.15. The topological polar surface area (TPSA) is 37.3 Å². The molecule has 0 aromatic heterocycles. The van der Waals surface area contributed by atoms with Crippen molar-refractivity contribution in [2.45, 2.75) is 6.92 Å². The van der Waals surface area contributed by atoms with Gasteiger partial charge in [-0.1, -0.05) is 0 Å². The third-order valence-corrected chi connectivity index (χ3v) is 1.31. The fourth-order valence-electron chi connectivity index (χ4n) is 0.719. The number of carbonyl (C=O) groups is 1. The fraction of sp³-hybridized carbons (Fsp3) is 0.125. The Morgan fingerprint density at radius 2 is 2.40 bits per heavy atom. The fourth-order valence-corrected chi connectivity index (χ4v) is 0.719. The van der Waals surface area contributed by atoms with Gasteiger partial charge in [0.25, 0.3) is 0 Å². The Balaban J connectivity index is 3.15. The van der Waals surface area contributed by atoms with Gasteiger partial charge in [0.2, 0.25) is 0 Å². The van der Waals surface area contributed by atoms with Crippen molar-refractivity contribution in [1.82, 2.24) is 0 Å². The van der Waals surface area contributed by atoms with Crippen LogP contribution in [0.25, 0.3) is 0 Å². The van der Waals surface area contributed by atoms with Crippen molar-refractivity contribution in [3.8, 4) is 5.75 Å². The lowest BCUT2D eigenvalue weighted by atomic mass is 10.1. The van der Waals surface area contributed by atoms with Gasteiger partial charge in [0.1, 0.15) is 13.4 Å². The molecular weight excluding hydrogens is 128 g/mol. The molecule has 2 heteroatoms. The summed E-state index contributed by atoms with van der Waals surface area (Å²) in [6.07, 6.45) is -0.729. The second-order valence-electron chi connectivity index (χ2n) is 2.10. The first-order valence-electron chi connectivity index (χ1n) is 3.42. The molecule has 0 amide bonds. The van der Waals surface area contributed by atoms with E-state index in [1.807, 2.05) is 0 Å². The smallest absolute Gasteiger partial charge is 0.150 e. The molecule has 10 heavy (non-hydrogen) atoms. The lowest BCUT2D eigenvalue weighted by molar-refractivity contribution is 0.112. The first-order chi connectivity index (χ1) is 5.11. The zero-order valence-corrected chi connectivity index (χ0v) is 5.59. The van der Waals surface area contributed by atoms with Crippen LogP contribution >= 0.6 is 0 Å². The highest BCUT2D eigenvalue weighted by Gasteiger charge is 1.94. The maximum Gasteiger partial charge on any atom is 0.150 e. The van der Waals surface area contributed by atoms with E-state index in [1.165, 1.54) is 18.2 Å². The molecule has 0 bridgehead atoms. The minimum atomic E-state index is -0.729. The summed E-state index contributed by atoms with van der Waals surface area (Å²) < 4.78 is 6.77. The van der Waals surface area contributed by atoms with E-state index >= 15 is 0 Å². The molecule has 0 saturated heterocycles. The van der Waals surface area contributed by atoms with E-state index in [2.05, 4.69) is 0 Å². The van der Waals surface area contributed by atoms with E-state index in [1.54, 1.807) is 6.92 Å². The van der Waals surface area contributed by atoms with Gasteiger partial charge >= 0.3 is 0 Å². The van der Waals surface area contributed by atoms with Crippen molar-refractivity contribution < 1.29 is 11.3 Å². The van der Waals surface area contributed by atoms with E-state index in [0.29, 0.717) is 11.1 Å². The van der Waals surface area contributed by atoms with Crippen LogP contribution in [0.1, 0.15) is 17.3 Å². The van der Waals surface area contributed by atoms with Gasteiger partial charge in [-0.25, -0.2) is 0 Å². The van der Waals surface area contributed by atoms with Crippen molar-refractivity contribution in [3.63, 3.8) is 0 Å². The average molecular weight is 137 g/mol. The van der Waals surface area contributed by atoms with Gasteiger partial charge < -0.3 is 5.11 Å². The second kappa shape index (κ2) is 2.52. The van der Waals surface area contributed by atoms with Crippen LogP contribution in [-0.2, 0) is 0 Å². The first kappa shape index (κ1) is 5.47. The number of rotatable bonds is 1. The molecule has 0 aliphatic carbocycles. The summed E-state index contributed by atoms with van der Waals surface area (Å²) in [5.41, 5.74) is 0.920. The quantitative estimate of drug-likeness (QED) is 0.596. The zero-order chi connectivity index (χ0) is 8.43. The van der Waals surface area contributed by atoms with Crippen molar-refractivity contribution in [3.05, 3.63) is 29.3 Å². The highest BCUT2D eigenvalue weighted by molar-refractivity contribution is 5.75. The molecule has 0 atom stereocenters. The number of hydrogen-bond acceptors (Lipinski definition) is 2. The molecule has 0 heterocycles. The van der Waals surface area contributed by atoms with E-state index in [9.17, 15) is 4.79 Å². The Bertz CT molecular complexity index is 294. The van der Waals surface area contributed by atoms with Crippen molar-refractivity contribution >= 4 is 6.26 Å². The normalized spacial score (nSPS) is 10.7. The van der Waals surface area contributed by atoms with Crippen LogP contribution in [0.4, 0.5) is 0 Å². The third kappa shape index (κ3) is 1.16. The van der Waals surface area contributed by atoms with Crippen LogP contribution in [-0.4, -0.2) is 11.4 Å². The standard InChI is InChI=1S/C8H8O2/c1-6-4-7(5-9)2-3-8(6)10/h2-5,10H,1H3/i5D. The monoisotopic (exact) mass is 137 g/mol. The number of benzene rings is 1. The van der Waals surface area contributed by atoms with Crippen LogP contribution in [0.2, 0.25) is 0 Å². The lowest BCUT2D eigenvalue weighted by Crippen LogP contribution is -1.80. The van der Waals surface area contributed by atoms with Gasteiger partial charge in [-0.05, 0) is 30.7 Å². The van der Waals surface area contributed by atoms with Gasteiger partial charge in [-0.15, -0.1) is 0 Å². The molecule has 0 saturated carbocycles. The number of aromatic hydroxyl groups is 1. The summed E-state index contributed by atoms with van der Waals surface area (Å²) >= 11 is 0. The number of aryl methyl sites for hydroxylation is 1. The number of phenols is 1. The minimum absolute atomic E-state index is 0.148. The molecule has 0 aliphatic heterocycles. The number of carbonyl (C=O) groups excluding carboxylic acids is 1. The number of phenolic OH excluding ortho intramolecular Hbond substituents is 1. The van der Waals surface area contributed by atoms with Crippen molar-refractivity contribution in [2.75, 3.05) is 0 Å². The molecule has 0 spiro atoms. The second-order valence-corrected chi connectivity index (χ2v) is 2.10. The minimum Gasteiger partial charge on any atom is -0.508 e. The molecule has 0 unspecified atom stereocenters. The SMILES string of the molecule is [2H]C(=O)c1ccc(O)c(C)c1. The molecule has 1 aromatic rings. The van der Waals surface area contributed by atoms with Gasteiger partial charge in [-0.3, -0.25) is 4.79 Å². The summed E-state index contributed by atoms with van der Waals surface area (Å²) in [7, 11) is 0.